The second-order valence-electron chi connectivity index (χ2n) is 6.49. The van der Waals surface area contributed by atoms with Crippen molar-refractivity contribution in [3.63, 3.8) is 0 Å². The molecule has 1 fully saturated rings. The fourth-order valence-electron chi connectivity index (χ4n) is 3.47. The third-order valence-electron chi connectivity index (χ3n) is 4.83. The van der Waals surface area contributed by atoms with Crippen LogP contribution in [0.4, 0.5) is 5.69 Å². The highest BCUT2D eigenvalue weighted by Gasteiger charge is 2.31. The van der Waals surface area contributed by atoms with Crippen LogP contribution in [0, 0.1) is 5.92 Å². The van der Waals surface area contributed by atoms with Crippen molar-refractivity contribution < 1.29 is 4.79 Å². The van der Waals surface area contributed by atoms with Crippen LogP contribution in [0.2, 0.25) is 0 Å². The van der Waals surface area contributed by atoms with Crippen LogP contribution in [0.1, 0.15) is 18.0 Å². The average Bonchev–Trinajstić information content (AvgIpc) is 2.67. The third-order valence-corrected chi connectivity index (χ3v) is 5.92. The molecule has 2 nitrogen and oxygen atoms in total. The minimum Gasteiger partial charge on any atom is -0.377 e. The normalized spacial score (nSPS) is 18.9. The second-order valence-corrected chi connectivity index (χ2v) is 7.64. The largest absolute Gasteiger partial charge is 0.377 e. The summed E-state index contributed by atoms with van der Waals surface area (Å²) in [4.78, 5) is 12.6. The summed E-state index contributed by atoms with van der Waals surface area (Å²) in [5.41, 5.74) is 2.24. The van der Waals surface area contributed by atoms with Crippen LogP contribution < -0.4 is 5.32 Å². The van der Waals surface area contributed by atoms with Crippen molar-refractivity contribution in [1.82, 2.24) is 0 Å². The summed E-state index contributed by atoms with van der Waals surface area (Å²) in [6, 6.07) is 25.1. The van der Waals surface area contributed by atoms with Gasteiger partial charge in [0.15, 0.2) is 0 Å². The van der Waals surface area contributed by atoms with Crippen LogP contribution in [-0.4, -0.2) is 17.3 Å². The summed E-state index contributed by atoms with van der Waals surface area (Å²) < 4.78 is 0. The summed E-state index contributed by atoms with van der Waals surface area (Å²) in [5.74, 6) is 2.22. The highest BCUT2D eigenvalue weighted by atomic mass is 32.2. The molecule has 3 heteroatoms. The number of rotatable bonds is 4. The maximum absolute atomic E-state index is 12.6. The summed E-state index contributed by atoms with van der Waals surface area (Å²) in [7, 11) is 0. The minimum atomic E-state index is 0.00676. The Morgan fingerprint density at radius 1 is 0.920 bits per heavy atom. The zero-order valence-electron chi connectivity index (χ0n) is 14.0. The smallest absolute Gasteiger partial charge is 0.140 e. The SMILES string of the molecule is O=C1CCSCC1C(Nc1ccccc1)c1ccc2ccccc2c1. The molecule has 0 saturated carbocycles. The number of fused-ring (bicyclic) bond motifs is 1. The van der Waals surface area contributed by atoms with Crippen LogP contribution >= 0.6 is 11.8 Å². The Morgan fingerprint density at radius 3 is 2.48 bits per heavy atom. The van der Waals surface area contributed by atoms with Gasteiger partial charge >= 0.3 is 0 Å². The average molecular weight is 347 g/mol. The highest BCUT2D eigenvalue weighted by Crippen LogP contribution is 2.35. The van der Waals surface area contributed by atoms with E-state index in [-0.39, 0.29) is 12.0 Å². The number of thioether (sulfide) groups is 1. The number of anilines is 1. The Labute approximate surface area is 152 Å². The predicted molar refractivity (Wildman–Crippen MR) is 107 cm³/mol. The summed E-state index contributed by atoms with van der Waals surface area (Å²) in [5, 5.41) is 6.07. The van der Waals surface area contributed by atoms with Crippen LogP contribution in [0.3, 0.4) is 0 Å². The first-order valence-corrected chi connectivity index (χ1v) is 9.87. The molecular weight excluding hydrogens is 326 g/mol. The van der Waals surface area contributed by atoms with Gasteiger partial charge in [-0.3, -0.25) is 4.79 Å². The fourth-order valence-corrected chi connectivity index (χ4v) is 4.62. The molecule has 0 amide bonds. The van der Waals surface area contributed by atoms with Gasteiger partial charge in [-0.2, -0.15) is 11.8 Å². The highest BCUT2D eigenvalue weighted by molar-refractivity contribution is 7.99. The Bertz CT molecular complexity index is 877. The van der Waals surface area contributed by atoms with Gasteiger partial charge in [0.2, 0.25) is 0 Å². The molecule has 0 spiro atoms. The van der Waals surface area contributed by atoms with E-state index in [0.29, 0.717) is 12.2 Å². The van der Waals surface area contributed by atoms with Crippen molar-refractivity contribution in [3.8, 4) is 0 Å². The summed E-state index contributed by atoms with van der Waals surface area (Å²) >= 11 is 1.88. The molecule has 1 aliphatic rings. The lowest BCUT2D eigenvalue weighted by Gasteiger charge is -2.31. The molecule has 2 atom stereocenters. The van der Waals surface area contributed by atoms with Crippen molar-refractivity contribution in [3.05, 3.63) is 78.4 Å². The number of hydrogen-bond acceptors (Lipinski definition) is 3. The molecule has 1 N–H and O–H groups in total. The first-order valence-electron chi connectivity index (χ1n) is 8.72. The Hall–Kier alpha value is -2.26. The first kappa shape index (κ1) is 16.2. The number of ketones is 1. The number of para-hydroxylation sites is 1. The van der Waals surface area contributed by atoms with E-state index >= 15 is 0 Å². The summed E-state index contributed by atoms with van der Waals surface area (Å²) in [6.45, 7) is 0. The topological polar surface area (TPSA) is 29.1 Å². The number of benzene rings is 3. The van der Waals surface area contributed by atoms with Crippen LogP contribution in [0.25, 0.3) is 10.8 Å². The lowest BCUT2D eigenvalue weighted by Crippen LogP contribution is -2.32. The monoisotopic (exact) mass is 347 g/mol. The maximum Gasteiger partial charge on any atom is 0.140 e. The van der Waals surface area contributed by atoms with Gasteiger partial charge in [0.25, 0.3) is 0 Å². The Balaban J connectivity index is 1.73. The van der Waals surface area contributed by atoms with E-state index in [1.54, 1.807) is 0 Å². The van der Waals surface area contributed by atoms with Gasteiger partial charge in [0.1, 0.15) is 5.78 Å². The van der Waals surface area contributed by atoms with Crippen LogP contribution in [-0.2, 0) is 4.79 Å². The second kappa shape index (κ2) is 7.32. The molecule has 1 heterocycles. The molecule has 3 aromatic carbocycles. The number of nitrogens with one attached hydrogen (secondary N) is 1. The number of Topliss-reactive ketones (excluding diaryl/α,β-unsaturated/α-hetero) is 1. The number of carbonyl (C=O) groups is 1. The van der Waals surface area contributed by atoms with E-state index in [9.17, 15) is 4.79 Å². The van der Waals surface area contributed by atoms with Crippen molar-refractivity contribution in [2.75, 3.05) is 16.8 Å². The predicted octanol–water partition coefficient (Wildman–Crippen LogP) is 5.32. The van der Waals surface area contributed by atoms with Gasteiger partial charge < -0.3 is 5.32 Å². The van der Waals surface area contributed by atoms with Crippen molar-refractivity contribution in [2.45, 2.75) is 12.5 Å². The van der Waals surface area contributed by atoms with E-state index in [2.05, 4.69) is 59.9 Å². The van der Waals surface area contributed by atoms with E-state index in [1.807, 2.05) is 30.0 Å². The molecule has 0 aromatic heterocycles. The molecule has 1 saturated heterocycles. The standard InChI is InChI=1S/C22H21NOS/c24-21-12-13-25-15-20(21)22(23-19-8-2-1-3-9-19)18-11-10-16-6-4-5-7-17(16)14-18/h1-11,14,20,22-23H,12-13,15H2. The quantitative estimate of drug-likeness (QED) is 0.693. The fraction of sp³-hybridized carbons (Fsp3) is 0.227. The van der Waals surface area contributed by atoms with Gasteiger partial charge in [-0.1, -0.05) is 54.6 Å². The zero-order chi connectivity index (χ0) is 17.1. The first-order chi connectivity index (χ1) is 12.3. The van der Waals surface area contributed by atoms with Crippen molar-refractivity contribution in [2.24, 2.45) is 5.92 Å². The van der Waals surface area contributed by atoms with E-state index in [4.69, 9.17) is 0 Å². The molecule has 3 aromatic rings. The molecule has 2 unspecified atom stereocenters. The summed E-state index contributed by atoms with van der Waals surface area (Å²) in [6.07, 6.45) is 0.676. The number of carbonyl (C=O) groups excluding carboxylic acids is 1. The van der Waals surface area contributed by atoms with Gasteiger partial charge in [-0.25, -0.2) is 0 Å². The molecule has 0 bridgehead atoms. The molecule has 1 aliphatic heterocycles. The maximum atomic E-state index is 12.6. The molecule has 0 aliphatic carbocycles. The lowest BCUT2D eigenvalue weighted by molar-refractivity contribution is -0.122. The zero-order valence-corrected chi connectivity index (χ0v) is 14.8. The molecule has 4 rings (SSSR count). The van der Waals surface area contributed by atoms with E-state index in [0.717, 1.165) is 17.2 Å². The molecular formula is C22H21NOS. The Kier molecular flexibility index (Phi) is 4.75. The lowest BCUT2D eigenvalue weighted by atomic mass is 9.88. The van der Waals surface area contributed by atoms with Gasteiger partial charge in [0.05, 0.1) is 12.0 Å². The van der Waals surface area contributed by atoms with E-state index < -0.39 is 0 Å². The van der Waals surface area contributed by atoms with Gasteiger partial charge in [-0.15, -0.1) is 0 Å². The van der Waals surface area contributed by atoms with Crippen LogP contribution in [0.15, 0.2) is 72.8 Å². The van der Waals surface area contributed by atoms with Crippen molar-refractivity contribution in [1.29, 1.82) is 0 Å². The van der Waals surface area contributed by atoms with Gasteiger partial charge in [-0.05, 0) is 34.5 Å². The Morgan fingerprint density at radius 2 is 1.68 bits per heavy atom. The van der Waals surface area contributed by atoms with Crippen LogP contribution in [0.5, 0.6) is 0 Å². The third kappa shape index (κ3) is 3.57. The van der Waals surface area contributed by atoms with E-state index in [1.165, 1.54) is 16.3 Å². The van der Waals surface area contributed by atoms with Gasteiger partial charge in [0, 0.05) is 23.6 Å². The molecule has 25 heavy (non-hydrogen) atoms. The van der Waals surface area contributed by atoms with Crippen molar-refractivity contribution >= 4 is 34.0 Å². The molecule has 126 valence electrons. The molecule has 0 radical (unpaired) electrons. The minimum absolute atomic E-state index is 0.00676. The number of hydrogen-bond donors (Lipinski definition) is 1.